The van der Waals surface area contributed by atoms with Crippen LogP contribution in [0.1, 0.15) is 11.4 Å². The number of nitrogens with zero attached hydrogens (tertiary/aromatic N) is 4. The van der Waals surface area contributed by atoms with Crippen LogP contribution in [0.3, 0.4) is 0 Å². The fourth-order valence-electron chi connectivity index (χ4n) is 2.11. The molecule has 0 aliphatic carbocycles. The smallest absolute Gasteiger partial charge is 0.206 e. The first-order valence-corrected chi connectivity index (χ1v) is 9.92. The molecule has 2 aromatic heterocycles. The summed E-state index contributed by atoms with van der Waals surface area (Å²) < 4.78 is 13.7. The summed E-state index contributed by atoms with van der Waals surface area (Å²) in [5, 5.41) is 12.3. The third-order valence-electron chi connectivity index (χ3n) is 3.56. The Morgan fingerprint density at radius 3 is 2.81 bits per heavy atom. The number of nitrogens with one attached hydrogen (secondary N) is 1. The van der Waals surface area contributed by atoms with E-state index in [0.29, 0.717) is 13.2 Å². The van der Waals surface area contributed by atoms with Gasteiger partial charge >= 0.3 is 0 Å². The molecule has 0 unspecified atom stereocenters. The van der Waals surface area contributed by atoms with Crippen LogP contribution < -0.4 is 10.1 Å². The highest BCUT2D eigenvalue weighted by atomic mass is 32.2. The maximum atomic E-state index is 5.77. The zero-order valence-corrected chi connectivity index (χ0v) is 16.3. The standard InChI is InChI=1S/C17H21N5O2S2/c1-22-9-7-18-15(22)11-24-14-5-3-13(4-6-14)12-25-17-21-20-16(26-17)19-8-10-23-2/h3-7,9H,8,10-12H2,1-2H3,(H,19,20). The molecule has 0 aliphatic rings. The average molecular weight is 392 g/mol. The summed E-state index contributed by atoms with van der Waals surface area (Å²) in [5.41, 5.74) is 1.21. The molecule has 0 atom stereocenters. The zero-order chi connectivity index (χ0) is 18.2. The number of aromatic nitrogens is 4. The third kappa shape index (κ3) is 5.45. The Bertz CT molecular complexity index is 804. The Kier molecular flexibility index (Phi) is 6.87. The molecule has 0 fully saturated rings. The summed E-state index contributed by atoms with van der Waals surface area (Å²) in [4.78, 5) is 4.25. The average Bonchev–Trinajstić information content (AvgIpc) is 3.28. The second kappa shape index (κ2) is 9.56. The maximum Gasteiger partial charge on any atom is 0.206 e. The number of hydrogen-bond donors (Lipinski definition) is 1. The van der Waals surface area contributed by atoms with E-state index in [1.807, 2.05) is 29.9 Å². The minimum absolute atomic E-state index is 0.460. The van der Waals surface area contributed by atoms with Crippen molar-refractivity contribution in [2.75, 3.05) is 25.6 Å². The molecule has 3 aromatic rings. The topological polar surface area (TPSA) is 74.1 Å². The Hall–Kier alpha value is -2.10. The van der Waals surface area contributed by atoms with E-state index in [1.54, 1.807) is 36.4 Å². The van der Waals surface area contributed by atoms with Gasteiger partial charge in [0.2, 0.25) is 5.13 Å². The molecule has 3 rings (SSSR count). The number of rotatable bonds is 10. The van der Waals surface area contributed by atoms with Crippen molar-refractivity contribution in [2.24, 2.45) is 7.05 Å². The first kappa shape index (κ1) is 18.7. The van der Waals surface area contributed by atoms with Gasteiger partial charge in [-0.1, -0.05) is 35.2 Å². The molecule has 0 amide bonds. The molecule has 7 nitrogen and oxygen atoms in total. The van der Waals surface area contributed by atoms with E-state index in [0.717, 1.165) is 33.3 Å². The van der Waals surface area contributed by atoms with Crippen LogP contribution in [-0.2, 0) is 24.1 Å². The first-order chi connectivity index (χ1) is 12.7. The van der Waals surface area contributed by atoms with Gasteiger partial charge in [0.1, 0.15) is 18.2 Å². The number of aryl methyl sites for hydroxylation is 1. The minimum Gasteiger partial charge on any atom is -0.486 e. The second-order valence-corrected chi connectivity index (χ2v) is 7.67. The molecule has 0 spiro atoms. The number of imidazole rings is 1. The van der Waals surface area contributed by atoms with Crippen molar-refractivity contribution in [3.8, 4) is 5.75 Å². The molecule has 138 valence electrons. The first-order valence-electron chi connectivity index (χ1n) is 8.11. The van der Waals surface area contributed by atoms with E-state index < -0.39 is 0 Å². The van der Waals surface area contributed by atoms with Crippen molar-refractivity contribution in [3.05, 3.63) is 48.0 Å². The van der Waals surface area contributed by atoms with Crippen LogP contribution in [0.2, 0.25) is 0 Å². The van der Waals surface area contributed by atoms with E-state index in [4.69, 9.17) is 9.47 Å². The van der Waals surface area contributed by atoms with Gasteiger partial charge in [0, 0.05) is 38.8 Å². The Morgan fingerprint density at radius 2 is 2.08 bits per heavy atom. The summed E-state index contributed by atoms with van der Waals surface area (Å²) in [6, 6.07) is 8.10. The van der Waals surface area contributed by atoms with Crippen molar-refractivity contribution in [1.82, 2.24) is 19.7 Å². The van der Waals surface area contributed by atoms with Gasteiger partial charge in [-0.25, -0.2) is 4.98 Å². The predicted octanol–water partition coefficient (Wildman–Crippen LogP) is 3.20. The summed E-state index contributed by atoms with van der Waals surface area (Å²) in [7, 11) is 3.63. The molecule has 2 heterocycles. The lowest BCUT2D eigenvalue weighted by molar-refractivity contribution is 0.211. The number of benzene rings is 1. The highest BCUT2D eigenvalue weighted by Crippen LogP contribution is 2.28. The van der Waals surface area contributed by atoms with Crippen LogP contribution in [0, 0.1) is 0 Å². The third-order valence-corrected chi connectivity index (χ3v) is 5.65. The molecular formula is C17H21N5O2S2. The molecule has 1 aromatic carbocycles. The van der Waals surface area contributed by atoms with Crippen LogP contribution >= 0.6 is 23.1 Å². The highest BCUT2D eigenvalue weighted by molar-refractivity contribution is 8.00. The second-order valence-electron chi connectivity index (χ2n) is 5.47. The van der Waals surface area contributed by atoms with Gasteiger partial charge in [-0.2, -0.15) is 0 Å². The van der Waals surface area contributed by atoms with Crippen LogP contribution in [0.25, 0.3) is 0 Å². The van der Waals surface area contributed by atoms with Crippen LogP contribution in [0.15, 0.2) is 41.0 Å². The summed E-state index contributed by atoms with van der Waals surface area (Å²) in [6.07, 6.45) is 3.68. The zero-order valence-electron chi connectivity index (χ0n) is 14.7. The Labute approximate surface area is 160 Å². The van der Waals surface area contributed by atoms with Gasteiger partial charge < -0.3 is 19.4 Å². The Morgan fingerprint density at radius 1 is 1.23 bits per heavy atom. The lowest BCUT2D eigenvalue weighted by Gasteiger charge is -2.07. The molecule has 0 radical (unpaired) electrons. The number of ether oxygens (including phenoxy) is 2. The van der Waals surface area contributed by atoms with E-state index in [9.17, 15) is 0 Å². The summed E-state index contributed by atoms with van der Waals surface area (Å²) in [5.74, 6) is 2.57. The summed E-state index contributed by atoms with van der Waals surface area (Å²) >= 11 is 3.23. The number of methoxy groups -OCH3 is 1. The molecule has 9 heteroatoms. The highest BCUT2D eigenvalue weighted by Gasteiger charge is 2.06. The largest absolute Gasteiger partial charge is 0.486 e. The van der Waals surface area contributed by atoms with Crippen molar-refractivity contribution < 1.29 is 9.47 Å². The Balaban J connectivity index is 1.45. The minimum atomic E-state index is 0.460. The number of anilines is 1. The van der Waals surface area contributed by atoms with Crippen LogP contribution in [-0.4, -0.2) is 40.0 Å². The molecule has 26 heavy (non-hydrogen) atoms. The number of thioether (sulfide) groups is 1. The maximum absolute atomic E-state index is 5.77. The fourth-order valence-corrected chi connectivity index (χ4v) is 3.84. The lowest BCUT2D eigenvalue weighted by atomic mass is 10.2. The van der Waals surface area contributed by atoms with Crippen molar-refractivity contribution in [1.29, 1.82) is 0 Å². The lowest BCUT2D eigenvalue weighted by Crippen LogP contribution is -2.06. The predicted molar refractivity (Wildman–Crippen MR) is 104 cm³/mol. The quantitative estimate of drug-likeness (QED) is 0.420. The van der Waals surface area contributed by atoms with Crippen molar-refractivity contribution in [2.45, 2.75) is 16.7 Å². The van der Waals surface area contributed by atoms with Gasteiger partial charge in [-0.05, 0) is 17.7 Å². The fraction of sp³-hybridized carbons (Fsp3) is 0.353. The molecule has 1 N–H and O–H groups in total. The van der Waals surface area contributed by atoms with Crippen LogP contribution in [0.4, 0.5) is 5.13 Å². The van der Waals surface area contributed by atoms with Gasteiger partial charge in [-0.15, -0.1) is 10.2 Å². The molecule has 0 aliphatic heterocycles. The van der Waals surface area contributed by atoms with E-state index in [-0.39, 0.29) is 0 Å². The van der Waals surface area contributed by atoms with Gasteiger partial charge in [-0.3, -0.25) is 0 Å². The molecule has 0 saturated carbocycles. The number of hydrogen-bond acceptors (Lipinski definition) is 8. The van der Waals surface area contributed by atoms with Crippen molar-refractivity contribution in [3.63, 3.8) is 0 Å². The molecular weight excluding hydrogens is 370 g/mol. The SMILES string of the molecule is COCCNc1nnc(SCc2ccc(OCc3nccn3C)cc2)s1. The van der Waals surface area contributed by atoms with Crippen LogP contribution in [0.5, 0.6) is 5.75 Å². The molecule has 0 bridgehead atoms. The van der Waals surface area contributed by atoms with E-state index >= 15 is 0 Å². The monoisotopic (exact) mass is 391 g/mol. The summed E-state index contributed by atoms with van der Waals surface area (Å²) in [6.45, 7) is 1.84. The van der Waals surface area contributed by atoms with Gasteiger partial charge in [0.05, 0.1) is 6.61 Å². The van der Waals surface area contributed by atoms with E-state index in [1.165, 1.54) is 5.56 Å². The van der Waals surface area contributed by atoms with E-state index in [2.05, 4.69) is 32.6 Å². The van der Waals surface area contributed by atoms with Gasteiger partial charge in [0.15, 0.2) is 4.34 Å². The molecule has 0 saturated heterocycles. The normalized spacial score (nSPS) is 10.8. The van der Waals surface area contributed by atoms with Gasteiger partial charge in [0.25, 0.3) is 0 Å². The van der Waals surface area contributed by atoms with Crippen molar-refractivity contribution >= 4 is 28.2 Å².